The Kier molecular flexibility index (Phi) is 5.15. The summed E-state index contributed by atoms with van der Waals surface area (Å²) < 4.78 is 5.24. The van der Waals surface area contributed by atoms with Gasteiger partial charge < -0.3 is 15.2 Å². The number of nitrogens with one attached hydrogen (secondary N) is 1. The number of ether oxygens (including phenoxy) is 1. The van der Waals surface area contributed by atoms with Crippen molar-refractivity contribution in [3.05, 3.63) is 65.2 Å². The number of benzene rings is 2. The first-order chi connectivity index (χ1) is 11.0. The Morgan fingerprint density at radius 2 is 1.74 bits per heavy atom. The van der Waals surface area contributed by atoms with Crippen molar-refractivity contribution in [3.63, 3.8) is 0 Å². The topological polar surface area (TPSA) is 75.6 Å². The first kappa shape index (κ1) is 16.3. The number of methoxy groups -OCH3 is 1. The Bertz CT molecular complexity index is 765. The molecule has 2 N–H and O–H groups in total. The SMILES string of the molecule is COc1ccccc1/C=C(\C)C(=O)Nc1ccccc1C(=O)O. The molecule has 0 saturated heterocycles. The van der Waals surface area contributed by atoms with Gasteiger partial charge in [-0.25, -0.2) is 4.79 Å². The van der Waals surface area contributed by atoms with Crippen molar-refractivity contribution in [1.82, 2.24) is 0 Å². The molecular weight excluding hydrogens is 294 g/mol. The molecule has 0 heterocycles. The van der Waals surface area contributed by atoms with E-state index >= 15 is 0 Å². The molecule has 0 aliphatic rings. The third-order valence-corrected chi connectivity index (χ3v) is 3.27. The minimum absolute atomic E-state index is 0.0472. The number of aromatic carboxylic acids is 1. The molecule has 5 heteroatoms. The highest BCUT2D eigenvalue weighted by Crippen LogP contribution is 2.21. The normalized spacial score (nSPS) is 11.0. The second kappa shape index (κ2) is 7.26. The van der Waals surface area contributed by atoms with Crippen molar-refractivity contribution in [2.75, 3.05) is 12.4 Å². The third kappa shape index (κ3) is 3.97. The Morgan fingerprint density at radius 1 is 1.09 bits per heavy atom. The van der Waals surface area contributed by atoms with Crippen LogP contribution in [0.3, 0.4) is 0 Å². The van der Waals surface area contributed by atoms with Crippen LogP contribution in [0.2, 0.25) is 0 Å². The van der Waals surface area contributed by atoms with Crippen LogP contribution in [-0.4, -0.2) is 24.1 Å². The van der Waals surface area contributed by atoms with E-state index in [0.717, 1.165) is 5.56 Å². The fourth-order valence-corrected chi connectivity index (χ4v) is 2.08. The summed E-state index contributed by atoms with van der Waals surface area (Å²) in [5.74, 6) is -0.803. The quantitative estimate of drug-likeness (QED) is 0.829. The molecule has 0 bridgehead atoms. The molecule has 0 aromatic heterocycles. The molecule has 2 rings (SSSR count). The second-order valence-electron chi connectivity index (χ2n) is 4.87. The molecule has 0 fully saturated rings. The monoisotopic (exact) mass is 311 g/mol. The molecule has 23 heavy (non-hydrogen) atoms. The summed E-state index contributed by atoms with van der Waals surface area (Å²) in [7, 11) is 1.56. The molecule has 0 unspecified atom stereocenters. The van der Waals surface area contributed by atoms with Crippen LogP contribution < -0.4 is 10.1 Å². The van der Waals surface area contributed by atoms with E-state index in [0.29, 0.717) is 11.3 Å². The van der Waals surface area contributed by atoms with Gasteiger partial charge in [0.05, 0.1) is 18.4 Å². The van der Waals surface area contributed by atoms with Crippen molar-refractivity contribution >= 4 is 23.6 Å². The molecule has 0 spiro atoms. The summed E-state index contributed by atoms with van der Waals surface area (Å²) in [5.41, 5.74) is 1.52. The van der Waals surface area contributed by atoms with Crippen LogP contribution in [0.15, 0.2) is 54.1 Å². The molecule has 2 aromatic rings. The standard InChI is InChI=1S/C18H17NO4/c1-12(11-13-7-3-6-10-16(13)23-2)17(20)19-15-9-5-4-8-14(15)18(21)22/h3-11H,1-2H3,(H,19,20)(H,21,22)/b12-11+. The number of carbonyl (C=O) groups is 2. The minimum Gasteiger partial charge on any atom is -0.496 e. The van der Waals surface area contributed by atoms with E-state index in [1.807, 2.05) is 18.2 Å². The van der Waals surface area contributed by atoms with E-state index in [4.69, 9.17) is 9.84 Å². The lowest BCUT2D eigenvalue weighted by Gasteiger charge is -2.09. The number of carbonyl (C=O) groups excluding carboxylic acids is 1. The molecule has 0 aliphatic heterocycles. The van der Waals surface area contributed by atoms with Gasteiger partial charge in [0, 0.05) is 11.1 Å². The average Bonchev–Trinajstić information content (AvgIpc) is 2.55. The van der Waals surface area contributed by atoms with Crippen molar-refractivity contribution in [2.24, 2.45) is 0 Å². The number of hydrogen-bond donors (Lipinski definition) is 2. The lowest BCUT2D eigenvalue weighted by Crippen LogP contribution is -2.15. The van der Waals surface area contributed by atoms with Gasteiger partial charge >= 0.3 is 5.97 Å². The van der Waals surface area contributed by atoms with Gasteiger partial charge in [-0.3, -0.25) is 4.79 Å². The van der Waals surface area contributed by atoms with Crippen LogP contribution in [0.5, 0.6) is 5.75 Å². The number of hydrogen-bond acceptors (Lipinski definition) is 3. The Morgan fingerprint density at radius 3 is 2.43 bits per heavy atom. The van der Waals surface area contributed by atoms with Crippen LogP contribution in [0.25, 0.3) is 6.08 Å². The Labute approximate surface area is 134 Å². The number of carboxylic acid groups (broad SMARTS) is 1. The summed E-state index contributed by atoms with van der Waals surface area (Å²) >= 11 is 0. The van der Waals surface area contributed by atoms with Gasteiger partial charge in [-0.2, -0.15) is 0 Å². The molecule has 5 nitrogen and oxygen atoms in total. The molecule has 118 valence electrons. The van der Waals surface area contributed by atoms with Crippen LogP contribution in [-0.2, 0) is 4.79 Å². The summed E-state index contributed by atoms with van der Waals surface area (Å²) in [5, 5.41) is 11.8. The highest BCUT2D eigenvalue weighted by Gasteiger charge is 2.13. The number of carboxylic acids is 1. The molecule has 0 atom stereocenters. The minimum atomic E-state index is -1.09. The lowest BCUT2D eigenvalue weighted by atomic mass is 10.1. The maximum Gasteiger partial charge on any atom is 0.337 e. The predicted molar refractivity (Wildman–Crippen MR) is 88.7 cm³/mol. The number of rotatable bonds is 5. The van der Waals surface area contributed by atoms with E-state index in [1.54, 1.807) is 44.4 Å². The molecule has 0 saturated carbocycles. The zero-order chi connectivity index (χ0) is 16.8. The van der Waals surface area contributed by atoms with Crippen LogP contribution in [0.1, 0.15) is 22.8 Å². The lowest BCUT2D eigenvalue weighted by molar-refractivity contribution is -0.112. The largest absolute Gasteiger partial charge is 0.496 e. The van der Waals surface area contributed by atoms with Gasteiger partial charge in [0.25, 0.3) is 5.91 Å². The molecule has 0 radical (unpaired) electrons. The summed E-state index contributed by atoms with van der Waals surface area (Å²) in [6.45, 7) is 1.66. The first-order valence-electron chi connectivity index (χ1n) is 6.98. The first-order valence-corrected chi connectivity index (χ1v) is 6.98. The van der Waals surface area contributed by atoms with Crippen LogP contribution >= 0.6 is 0 Å². The van der Waals surface area contributed by atoms with Gasteiger partial charge in [-0.05, 0) is 31.2 Å². The van der Waals surface area contributed by atoms with Crippen molar-refractivity contribution in [3.8, 4) is 5.75 Å². The summed E-state index contributed by atoms with van der Waals surface area (Å²) in [6, 6.07) is 13.6. The maximum atomic E-state index is 12.3. The zero-order valence-electron chi connectivity index (χ0n) is 12.9. The fourth-order valence-electron chi connectivity index (χ4n) is 2.08. The number of anilines is 1. The fraction of sp³-hybridized carbons (Fsp3) is 0.111. The van der Waals surface area contributed by atoms with Crippen molar-refractivity contribution < 1.29 is 19.4 Å². The molecule has 2 aromatic carbocycles. The number of amides is 1. The summed E-state index contributed by atoms with van der Waals surface area (Å²) in [4.78, 5) is 23.4. The number of para-hydroxylation sites is 2. The van der Waals surface area contributed by atoms with Gasteiger partial charge in [0.1, 0.15) is 5.75 Å². The van der Waals surface area contributed by atoms with Crippen molar-refractivity contribution in [2.45, 2.75) is 6.92 Å². The van der Waals surface area contributed by atoms with Gasteiger partial charge in [0.15, 0.2) is 0 Å². The van der Waals surface area contributed by atoms with Crippen molar-refractivity contribution in [1.29, 1.82) is 0 Å². The second-order valence-corrected chi connectivity index (χ2v) is 4.87. The van der Waals surface area contributed by atoms with Gasteiger partial charge in [-0.15, -0.1) is 0 Å². The van der Waals surface area contributed by atoms with E-state index in [2.05, 4.69) is 5.32 Å². The average molecular weight is 311 g/mol. The zero-order valence-corrected chi connectivity index (χ0v) is 12.9. The summed E-state index contributed by atoms with van der Waals surface area (Å²) in [6.07, 6.45) is 1.69. The van der Waals surface area contributed by atoms with E-state index in [9.17, 15) is 9.59 Å². The molecule has 0 aliphatic carbocycles. The van der Waals surface area contributed by atoms with E-state index in [1.165, 1.54) is 6.07 Å². The Balaban J connectivity index is 2.24. The smallest absolute Gasteiger partial charge is 0.337 e. The highest BCUT2D eigenvalue weighted by molar-refractivity contribution is 6.09. The highest BCUT2D eigenvalue weighted by atomic mass is 16.5. The van der Waals surface area contributed by atoms with Gasteiger partial charge in [0.2, 0.25) is 0 Å². The van der Waals surface area contributed by atoms with Gasteiger partial charge in [-0.1, -0.05) is 30.3 Å². The predicted octanol–water partition coefficient (Wildman–Crippen LogP) is 3.44. The maximum absolute atomic E-state index is 12.3. The van der Waals surface area contributed by atoms with E-state index < -0.39 is 5.97 Å². The third-order valence-electron chi connectivity index (χ3n) is 3.27. The Hall–Kier alpha value is -3.08. The van der Waals surface area contributed by atoms with E-state index in [-0.39, 0.29) is 17.2 Å². The molecular formula is C18H17NO4. The van der Waals surface area contributed by atoms with Crippen LogP contribution in [0.4, 0.5) is 5.69 Å². The molecule has 1 amide bonds. The van der Waals surface area contributed by atoms with Crippen LogP contribution in [0, 0.1) is 0 Å².